The molecule has 29 heavy (non-hydrogen) atoms. The van der Waals surface area contributed by atoms with Crippen molar-refractivity contribution in [2.75, 3.05) is 18.2 Å². The van der Waals surface area contributed by atoms with Crippen LogP contribution in [0.25, 0.3) is 11.2 Å². The van der Waals surface area contributed by atoms with Crippen LogP contribution in [-0.4, -0.2) is 32.5 Å². The van der Waals surface area contributed by atoms with E-state index in [4.69, 9.17) is 16.9 Å². The summed E-state index contributed by atoms with van der Waals surface area (Å²) in [5.41, 5.74) is 6.78. The van der Waals surface area contributed by atoms with Crippen molar-refractivity contribution < 1.29 is 9.53 Å². The number of fused-ring (bicyclic) bond motifs is 1. The number of amides is 1. The molecule has 4 rings (SSSR count). The lowest BCUT2D eigenvalue weighted by atomic mass is 9.80. The molecular formula is C21H22N6O2. The second kappa shape index (κ2) is 7.43. The van der Waals surface area contributed by atoms with Crippen LogP contribution in [0.5, 0.6) is 5.75 Å². The van der Waals surface area contributed by atoms with Gasteiger partial charge in [-0.1, -0.05) is 25.3 Å². The van der Waals surface area contributed by atoms with E-state index >= 15 is 0 Å². The average molecular weight is 390 g/mol. The Morgan fingerprint density at radius 2 is 2.10 bits per heavy atom. The number of hydrogen-bond acceptors (Lipinski definition) is 6. The van der Waals surface area contributed by atoms with Crippen LogP contribution in [0, 0.1) is 12.3 Å². The minimum atomic E-state index is -0.831. The van der Waals surface area contributed by atoms with Crippen molar-refractivity contribution in [3.05, 3.63) is 36.4 Å². The summed E-state index contributed by atoms with van der Waals surface area (Å²) < 4.78 is 7.07. The number of ether oxygens (including phenoxy) is 1. The van der Waals surface area contributed by atoms with E-state index in [1.807, 2.05) is 22.8 Å². The number of benzene rings is 1. The monoisotopic (exact) mass is 390 g/mol. The third kappa shape index (κ3) is 3.25. The predicted molar refractivity (Wildman–Crippen MR) is 110 cm³/mol. The number of carbonyl (C=O) groups is 1. The Morgan fingerprint density at radius 1 is 1.31 bits per heavy atom. The lowest BCUT2D eigenvalue weighted by molar-refractivity contribution is -0.126. The zero-order valence-electron chi connectivity index (χ0n) is 16.2. The first kappa shape index (κ1) is 18.7. The molecule has 2 heterocycles. The molecular weight excluding hydrogens is 368 g/mol. The largest absolute Gasteiger partial charge is 0.497 e. The third-order valence-corrected chi connectivity index (χ3v) is 5.44. The number of anilines is 2. The van der Waals surface area contributed by atoms with Crippen LogP contribution in [-0.2, 0) is 10.3 Å². The highest BCUT2D eigenvalue weighted by atomic mass is 16.5. The van der Waals surface area contributed by atoms with Gasteiger partial charge in [0.1, 0.15) is 16.8 Å². The smallest absolute Gasteiger partial charge is 0.250 e. The van der Waals surface area contributed by atoms with Crippen molar-refractivity contribution in [2.24, 2.45) is 0 Å². The number of nitrogens with zero attached hydrogens (tertiary/aromatic N) is 4. The molecule has 1 aliphatic rings. The van der Waals surface area contributed by atoms with Crippen molar-refractivity contribution in [2.45, 2.75) is 37.6 Å². The fourth-order valence-corrected chi connectivity index (χ4v) is 3.96. The first-order chi connectivity index (χ1) is 14.1. The van der Waals surface area contributed by atoms with E-state index < -0.39 is 5.54 Å². The molecule has 0 spiro atoms. The van der Waals surface area contributed by atoms with Gasteiger partial charge in [-0.15, -0.1) is 6.42 Å². The van der Waals surface area contributed by atoms with E-state index in [1.165, 1.54) is 0 Å². The van der Waals surface area contributed by atoms with E-state index in [2.05, 4.69) is 26.2 Å². The molecule has 1 amide bonds. The third-order valence-electron chi connectivity index (χ3n) is 5.44. The molecule has 0 aliphatic heterocycles. The van der Waals surface area contributed by atoms with Crippen LogP contribution < -0.4 is 15.8 Å². The standard InChI is InChI=1S/C21H22N6O2/c1-3-16-25-18(22)17-19(26-16)27(13-23-17)21(10-5-4-6-11-21)20(28)24-14-8-7-9-15(12-14)29-2/h1,7-9,12-13H,4-6,10-11H2,2H3,(H,24,28)(H2,22,25,26). The Balaban J connectivity index is 1.80. The van der Waals surface area contributed by atoms with Crippen LogP contribution in [0.3, 0.4) is 0 Å². The first-order valence-corrected chi connectivity index (χ1v) is 9.50. The SMILES string of the molecule is C#Cc1nc(N)c2ncn(C3(C(=O)Nc4cccc(OC)c4)CCCCC3)c2n1. The molecule has 1 aliphatic carbocycles. The number of aromatic nitrogens is 4. The summed E-state index contributed by atoms with van der Waals surface area (Å²) in [5.74, 6) is 3.35. The number of imidazole rings is 1. The Morgan fingerprint density at radius 3 is 2.83 bits per heavy atom. The van der Waals surface area contributed by atoms with Gasteiger partial charge in [-0.2, -0.15) is 0 Å². The second-order valence-electron chi connectivity index (χ2n) is 7.14. The van der Waals surface area contributed by atoms with Crippen LogP contribution in [0.4, 0.5) is 11.5 Å². The number of carbonyl (C=O) groups excluding carboxylic acids is 1. The molecule has 3 aromatic rings. The molecule has 1 saturated carbocycles. The number of hydrogen-bond donors (Lipinski definition) is 2. The van der Waals surface area contributed by atoms with Gasteiger partial charge in [0, 0.05) is 11.8 Å². The molecule has 0 atom stereocenters. The summed E-state index contributed by atoms with van der Waals surface area (Å²) in [6.07, 6.45) is 11.4. The number of terminal acetylenes is 1. The van der Waals surface area contributed by atoms with Gasteiger partial charge in [-0.3, -0.25) is 9.36 Å². The van der Waals surface area contributed by atoms with Gasteiger partial charge < -0.3 is 15.8 Å². The van der Waals surface area contributed by atoms with Gasteiger partial charge in [-0.25, -0.2) is 15.0 Å². The molecule has 1 aromatic carbocycles. The highest BCUT2D eigenvalue weighted by molar-refractivity contribution is 5.98. The number of nitrogens with two attached hydrogens (primary N) is 1. The van der Waals surface area contributed by atoms with Gasteiger partial charge in [0.05, 0.1) is 13.4 Å². The van der Waals surface area contributed by atoms with E-state index in [9.17, 15) is 4.79 Å². The second-order valence-corrected chi connectivity index (χ2v) is 7.14. The summed E-state index contributed by atoms with van der Waals surface area (Å²) in [4.78, 5) is 26.4. The van der Waals surface area contributed by atoms with E-state index in [1.54, 1.807) is 19.5 Å². The van der Waals surface area contributed by atoms with Gasteiger partial charge in [0.15, 0.2) is 11.5 Å². The van der Waals surface area contributed by atoms with Crippen LogP contribution in [0.1, 0.15) is 37.9 Å². The predicted octanol–water partition coefficient (Wildman–Crippen LogP) is 2.70. The van der Waals surface area contributed by atoms with Crippen molar-refractivity contribution in [1.29, 1.82) is 0 Å². The van der Waals surface area contributed by atoms with E-state index in [0.717, 1.165) is 19.3 Å². The zero-order valence-corrected chi connectivity index (χ0v) is 16.2. The number of rotatable bonds is 4. The lowest BCUT2D eigenvalue weighted by Crippen LogP contribution is -2.47. The van der Waals surface area contributed by atoms with Gasteiger partial charge >= 0.3 is 0 Å². The molecule has 0 saturated heterocycles. The number of nitrogen functional groups attached to an aromatic ring is 1. The normalized spacial score (nSPS) is 15.6. The van der Waals surface area contributed by atoms with Crippen molar-refractivity contribution in [1.82, 2.24) is 19.5 Å². The fourth-order valence-electron chi connectivity index (χ4n) is 3.96. The van der Waals surface area contributed by atoms with Crippen LogP contribution >= 0.6 is 0 Å². The molecule has 8 heteroatoms. The maximum atomic E-state index is 13.6. The highest BCUT2D eigenvalue weighted by Gasteiger charge is 2.42. The summed E-state index contributed by atoms with van der Waals surface area (Å²) in [6.45, 7) is 0. The summed E-state index contributed by atoms with van der Waals surface area (Å²) in [7, 11) is 1.59. The quantitative estimate of drug-likeness (QED) is 0.663. The maximum absolute atomic E-state index is 13.6. The minimum Gasteiger partial charge on any atom is -0.497 e. The number of methoxy groups -OCH3 is 1. The molecule has 2 aromatic heterocycles. The van der Waals surface area contributed by atoms with Crippen molar-refractivity contribution >= 4 is 28.6 Å². The summed E-state index contributed by atoms with van der Waals surface area (Å²) in [6, 6.07) is 7.29. The number of nitrogens with one attached hydrogen (secondary N) is 1. The Bertz CT molecular complexity index is 1110. The van der Waals surface area contributed by atoms with Gasteiger partial charge in [-0.05, 0) is 30.9 Å². The fraction of sp³-hybridized carbons (Fsp3) is 0.333. The minimum absolute atomic E-state index is 0.121. The highest BCUT2D eigenvalue weighted by Crippen LogP contribution is 2.38. The molecule has 148 valence electrons. The van der Waals surface area contributed by atoms with Crippen molar-refractivity contribution in [3.63, 3.8) is 0 Å². The Hall–Kier alpha value is -3.60. The first-order valence-electron chi connectivity index (χ1n) is 9.50. The molecule has 0 unspecified atom stereocenters. The summed E-state index contributed by atoms with van der Waals surface area (Å²) in [5, 5.41) is 3.04. The summed E-state index contributed by atoms with van der Waals surface area (Å²) >= 11 is 0. The Kier molecular flexibility index (Phi) is 4.80. The average Bonchev–Trinajstić information content (AvgIpc) is 3.19. The van der Waals surface area contributed by atoms with E-state index in [0.29, 0.717) is 35.4 Å². The molecule has 1 fully saturated rings. The maximum Gasteiger partial charge on any atom is 0.250 e. The Labute approximate surface area is 168 Å². The van der Waals surface area contributed by atoms with Crippen LogP contribution in [0.15, 0.2) is 30.6 Å². The lowest BCUT2D eigenvalue weighted by Gasteiger charge is -2.37. The molecule has 3 N–H and O–H groups in total. The molecule has 8 nitrogen and oxygen atoms in total. The topological polar surface area (TPSA) is 108 Å². The van der Waals surface area contributed by atoms with Gasteiger partial charge in [0.2, 0.25) is 5.82 Å². The van der Waals surface area contributed by atoms with Crippen LogP contribution in [0.2, 0.25) is 0 Å². The zero-order chi connectivity index (χ0) is 20.4. The van der Waals surface area contributed by atoms with Crippen molar-refractivity contribution in [3.8, 4) is 18.1 Å². The molecule has 0 bridgehead atoms. The molecule has 0 radical (unpaired) electrons. The van der Waals surface area contributed by atoms with Gasteiger partial charge in [0.25, 0.3) is 5.91 Å². The van der Waals surface area contributed by atoms with E-state index in [-0.39, 0.29) is 17.5 Å².